The number of carbonyl (C=O) groups is 1. The lowest BCUT2D eigenvalue weighted by molar-refractivity contribution is -0.122. The zero-order valence-electron chi connectivity index (χ0n) is 16.3. The number of amides is 1. The standard InChI is InChI=1S/C22H32N4O/c27-22(23-26-17-11-19-8-2-3-10-21(19)26)20-9-6-14-25(18-20)16-7-15-24-12-4-1-5-13-24/h2-3,8,10-11,17,20H,1,4-7,9,12-16,18H2,(H,23,27). The van der Waals surface area contributed by atoms with Crippen LogP contribution in [-0.2, 0) is 4.79 Å². The Balaban J connectivity index is 1.26. The molecule has 2 fully saturated rings. The summed E-state index contributed by atoms with van der Waals surface area (Å²) in [4.78, 5) is 17.9. The first-order chi connectivity index (χ1) is 13.3. The minimum absolute atomic E-state index is 0.0925. The normalized spacial score (nSPS) is 22.1. The molecule has 0 spiro atoms. The number of nitrogens with one attached hydrogen (secondary N) is 1. The maximum atomic E-state index is 12.8. The lowest BCUT2D eigenvalue weighted by Gasteiger charge is -2.33. The smallest absolute Gasteiger partial charge is 0.243 e. The number of carbonyl (C=O) groups excluding carboxylic acids is 1. The molecule has 3 heterocycles. The first-order valence-electron chi connectivity index (χ1n) is 10.6. The number of hydrogen-bond acceptors (Lipinski definition) is 3. The molecule has 0 bridgehead atoms. The SMILES string of the molecule is O=C(Nn1ccc2ccccc21)C1CCCN(CCCN2CCCCC2)C1. The van der Waals surface area contributed by atoms with Crippen LogP contribution in [0.15, 0.2) is 36.5 Å². The van der Waals surface area contributed by atoms with Crippen molar-refractivity contribution in [3.63, 3.8) is 0 Å². The second kappa shape index (κ2) is 8.89. The van der Waals surface area contributed by atoms with Crippen LogP contribution >= 0.6 is 0 Å². The van der Waals surface area contributed by atoms with Crippen molar-refractivity contribution in [3.8, 4) is 0 Å². The summed E-state index contributed by atoms with van der Waals surface area (Å²) in [6.45, 7) is 6.91. The summed E-state index contributed by atoms with van der Waals surface area (Å²) in [5.41, 5.74) is 4.16. The Morgan fingerprint density at radius 2 is 1.74 bits per heavy atom. The summed E-state index contributed by atoms with van der Waals surface area (Å²) in [7, 11) is 0. The Hall–Kier alpha value is -1.85. The van der Waals surface area contributed by atoms with E-state index in [1.165, 1.54) is 45.3 Å². The molecule has 0 radical (unpaired) electrons. The maximum absolute atomic E-state index is 12.8. The van der Waals surface area contributed by atoms with Crippen LogP contribution < -0.4 is 5.43 Å². The number of rotatable bonds is 6. The van der Waals surface area contributed by atoms with Gasteiger partial charge in [-0.3, -0.25) is 14.9 Å². The fourth-order valence-electron chi connectivity index (χ4n) is 4.56. The molecule has 27 heavy (non-hydrogen) atoms. The van der Waals surface area contributed by atoms with Gasteiger partial charge in [-0.05, 0) is 77.0 Å². The third-order valence-corrected chi connectivity index (χ3v) is 6.10. The van der Waals surface area contributed by atoms with Crippen molar-refractivity contribution in [2.24, 2.45) is 5.92 Å². The molecule has 146 valence electrons. The summed E-state index contributed by atoms with van der Waals surface area (Å²) in [6.07, 6.45) is 9.40. The van der Waals surface area contributed by atoms with Gasteiger partial charge in [-0.15, -0.1) is 0 Å². The third kappa shape index (κ3) is 4.71. The van der Waals surface area contributed by atoms with Gasteiger partial charge in [-0.1, -0.05) is 24.6 Å². The van der Waals surface area contributed by atoms with E-state index in [0.29, 0.717) is 0 Å². The molecule has 1 aromatic carbocycles. The van der Waals surface area contributed by atoms with E-state index in [0.717, 1.165) is 43.4 Å². The molecule has 1 unspecified atom stereocenters. The van der Waals surface area contributed by atoms with E-state index < -0.39 is 0 Å². The van der Waals surface area contributed by atoms with E-state index in [1.54, 1.807) is 0 Å². The fraction of sp³-hybridized carbons (Fsp3) is 0.591. The molecule has 4 rings (SSSR count). The summed E-state index contributed by atoms with van der Waals surface area (Å²) in [5, 5.41) is 1.15. The van der Waals surface area contributed by atoms with Gasteiger partial charge in [0.2, 0.25) is 5.91 Å². The van der Waals surface area contributed by atoms with Crippen molar-refractivity contribution in [2.45, 2.75) is 38.5 Å². The molecular formula is C22H32N4O. The second-order valence-corrected chi connectivity index (χ2v) is 8.12. The quantitative estimate of drug-likeness (QED) is 0.850. The van der Waals surface area contributed by atoms with Gasteiger partial charge in [0.05, 0.1) is 11.4 Å². The molecule has 2 aromatic rings. The van der Waals surface area contributed by atoms with E-state index in [9.17, 15) is 4.79 Å². The monoisotopic (exact) mass is 368 g/mol. The van der Waals surface area contributed by atoms with Crippen LogP contribution in [0.5, 0.6) is 0 Å². The van der Waals surface area contributed by atoms with Gasteiger partial charge in [0, 0.05) is 18.1 Å². The highest BCUT2D eigenvalue weighted by atomic mass is 16.2. The highest BCUT2D eigenvalue weighted by Crippen LogP contribution is 2.19. The number of benzene rings is 1. The third-order valence-electron chi connectivity index (χ3n) is 6.10. The Bertz CT molecular complexity index is 750. The minimum atomic E-state index is 0.0925. The van der Waals surface area contributed by atoms with Crippen molar-refractivity contribution in [1.29, 1.82) is 0 Å². The van der Waals surface area contributed by atoms with E-state index in [4.69, 9.17) is 0 Å². The molecule has 1 atom stereocenters. The Labute approximate surface area is 162 Å². The molecular weight excluding hydrogens is 336 g/mol. The predicted octanol–water partition coefficient (Wildman–Crippen LogP) is 3.30. The first kappa shape index (κ1) is 18.5. The molecule has 2 aliphatic rings. The number of hydrogen-bond donors (Lipinski definition) is 1. The number of fused-ring (bicyclic) bond motifs is 1. The molecule has 1 amide bonds. The fourth-order valence-corrected chi connectivity index (χ4v) is 4.56. The summed E-state index contributed by atoms with van der Waals surface area (Å²) in [5.74, 6) is 0.243. The molecule has 2 aliphatic heterocycles. The van der Waals surface area contributed by atoms with Gasteiger partial charge in [0.25, 0.3) is 0 Å². The van der Waals surface area contributed by atoms with Crippen molar-refractivity contribution >= 4 is 16.8 Å². The van der Waals surface area contributed by atoms with Gasteiger partial charge in [-0.2, -0.15) is 0 Å². The molecule has 1 aromatic heterocycles. The molecule has 1 N–H and O–H groups in total. The number of piperidine rings is 2. The maximum Gasteiger partial charge on any atom is 0.243 e. The zero-order chi connectivity index (χ0) is 18.5. The van der Waals surface area contributed by atoms with E-state index in [2.05, 4.69) is 21.3 Å². The number of likely N-dealkylation sites (tertiary alicyclic amines) is 2. The Morgan fingerprint density at radius 3 is 2.63 bits per heavy atom. The lowest BCUT2D eigenvalue weighted by atomic mass is 9.97. The Kier molecular flexibility index (Phi) is 6.10. The Morgan fingerprint density at radius 1 is 0.963 bits per heavy atom. The van der Waals surface area contributed by atoms with Crippen LogP contribution in [0.25, 0.3) is 10.9 Å². The van der Waals surface area contributed by atoms with Crippen LogP contribution in [0.4, 0.5) is 0 Å². The van der Waals surface area contributed by atoms with Gasteiger partial charge in [0.15, 0.2) is 0 Å². The number of aromatic nitrogens is 1. The second-order valence-electron chi connectivity index (χ2n) is 8.12. The largest absolute Gasteiger partial charge is 0.303 e. The topological polar surface area (TPSA) is 40.5 Å². The minimum Gasteiger partial charge on any atom is -0.303 e. The lowest BCUT2D eigenvalue weighted by Crippen LogP contribution is -2.43. The average Bonchev–Trinajstić information content (AvgIpc) is 3.12. The van der Waals surface area contributed by atoms with Gasteiger partial charge >= 0.3 is 0 Å². The van der Waals surface area contributed by atoms with Gasteiger partial charge in [0.1, 0.15) is 0 Å². The van der Waals surface area contributed by atoms with Crippen LogP contribution in [0, 0.1) is 5.92 Å². The van der Waals surface area contributed by atoms with Crippen LogP contribution in [-0.4, -0.2) is 59.7 Å². The van der Waals surface area contributed by atoms with E-state index in [-0.39, 0.29) is 11.8 Å². The van der Waals surface area contributed by atoms with Crippen molar-refractivity contribution < 1.29 is 4.79 Å². The predicted molar refractivity (Wildman–Crippen MR) is 110 cm³/mol. The van der Waals surface area contributed by atoms with Crippen LogP contribution in [0.3, 0.4) is 0 Å². The van der Waals surface area contributed by atoms with E-state index in [1.807, 2.05) is 35.1 Å². The van der Waals surface area contributed by atoms with Crippen LogP contribution in [0.1, 0.15) is 38.5 Å². The first-order valence-corrected chi connectivity index (χ1v) is 10.6. The molecule has 2 saturated heterocycles. The molecule has 5 nitrogen and oxygen atoms in total. The molecule has 0 aliphatic carbocycles. The van der Waals surface area contributed by atoms with E-state index >= 15 is 0 Å². The molecule has 0 saturated carbocycles. The van der Waals surface area contributed by atoms with Crippen molar-refractivity contribution in [3.05, 3.63) is 36.5 Å². The van der Waals surface area contributed by atoms with Crippen molar-refractivity contribution in [1.82, 2.24) is 14.5 Å². The summed E-state index contributed by atoms with van der Waals surface area (Å²) in [6, 6.07) is 10.2. The summed E-state index contributed by atoms with van der Waals surface area (Å²) < 4.78 is 1.87. The average molecular weight is 369 g/mol. The highest BCUT2D eigenvalue weighted by Gasteiger charge is 2.26. The van der Waals surface area contributed by atoms with Gasteiger partial charge < -0.3 is 9.80 Å². The zero-order valence-corrected chi connectivity index (χ0v) is 16.3. The van der Waals surface area contributed by atoms with Crippen molar-refractivity contribution in [2.75, 3.05) is 44.7 Å². The number of para-hydroxylation sites is 1. The summed E-state index contributed by atoms with van der Waals surface area (Å²) >= 11 is 0. The molecule has 5 heteroatoms. The van der Waals surface area contributed by atoms with Crippen LogP contribution in [0.2, 0.25) is 0 Å². The highest BCUT2D eigenvalue weighted by molar-refractivity contribution is 5.89. The van der Waals surface area contributed by atoms with Gasteiger partial charge in [-0.25, -0.2) is 0 Å². The number of nitrogens with zero attached hydrogens (tertiary/aromatic N) is 3.